The average molecular weight is 338 g/mol. The van der Waals surface area contributed by atoms with Gasteiger partial charge in [-0.15, -0.1) is 11.3 Å². The van der Waals surface area contributed by atoms with Crippen molar-refractivity contribution in [1.29, 1.82) is 0 Å². The molecule has 0 N–H and O–H groups in total. The van der Waals surface area contributed by atoms with Crippen LogP contribution in [0.3, 0.4) is 0 Å². The molecule has 1 saturated heterocycles. The van der Waals surface area contributed by atoms with Crippen molar-refractivity contribution in [3.05, 3.63) is 39.4 Å². The normalized spacial score (nSPS) is 15.8. The number of rotatable bonds is 3. The van der Waals surface area contributed by atoms with Crippen LogP contribution < -0.4 is 4.90 Å². The van der Waals surface area contributed by atoms with Gasteiger partial charge in [0.1, 0.15) is 11.9 Å². The van der Waals surface area contributed by atoms with Crippen LogP contribution in [0.1, 0.15) is 28.3 Å². The van der Waals surface area contributed by atoms with Gasteiger partial charge in [-0.2, -0.15) is 0 Å². The van der Waals surface area contributed by atoms with E-state index in [9.17, 15) is 4.79 Å². The Hall–Kier alpha value is -1.66. The Labute approximate surface area is 137 Å². The predicted octanol–water partition coefficient (Wildman–Crippen LogP) is 3.33. The molecule has 1 aliphatic heterocycles. The number of pyridine rings is 1. The Bertz CT molecular complexity index is 651. The van der Waals surface area contributed by atoms with Crippen LogP contribution in [0.5, 0.6) is 0 Å². The molecule has 116 valence electrons. The summed E-state index contributed by atoms with van der Waals surface area (Å²) < 4.78 is 5.53. The number of thiazole rings is 1. The molecule has 0 radical (unpaired) electrons. The number of halogens is 1. The second kappa shape index (κ2) is 6.62. The maximum absolute atomic E-state index is 12.0. The van der Waals surface area contributed by atoms with Crippen LogP contribution in [0.2, 0.25) is 5.02 Å². The van der Waals surface area contributed by atoms with Gasteiger partial charge in [-0.05, 0) is 19.1 Å². The predicted molar refractivity (Wildman–Crippen MR) is 86.7 cm³/mol. The van der Waals surface area contributed by atoms with Crippen LogP contribution in [-0.2, 0) is 4.74 Å². The van der Waals surface area contributed by atoms with E-state index in [1.807, 2.05) is 19.1 Å². The van der Waals surface area contributed by atoms with Gasteiger partial charge in [-0.25, -0.2) is 14.8 Å². The standard InChI is InChI=1S/C15H16ClN3O2S/c1-10-18-13(9-22-10)15(20)21-12-4-6-19(7-5-12)14-3-2-11(16)8-17-14/h2-3,8-9,12H,4-7H2,1H3. The van der Waals surface area contributed by atoms with Crippen LogP contribution in [0.25, 0.3) is 0 Å². The van der Waals surface area contributed by atoms with E-state index in [4.69, 9.17) is 16.3 Å². The van der Waals surface area contributed by atoms with Gasteiger partial charge in [-0.1, -0.05) is 11.6 Å². The van der Waals surface area contributed by atoms with E-state index in [1.54, 1.807) is 11.6 Å². The van der Waals surface area contributed by atoms with Gasteiger partial charge in [-0.3, -0.25) is 0 Å². The van der Waals surface area contributed by atoms with Crippen LogP contribution >= 0.6 is 22.9 Å². The highest BCUT2D eigenvalue weighted by Crippen LogP contribution is 2.21. The van der Waals surface area contributed by atoms with Crippen molar-refractivity contribution in [3.8, 4) is 0 Å². The first-order valence-corrected chi connectivity index (χ1v) is 8.37. The van der Waals surface area contributed by atoms with Crippen LogP contribution in [0, 0.1) is 6.92 Å². The van der Waals surface area contributed by atoms with E-state index in [0.717, 1.165) is 36.8 Å². The van der Waals surface area contributed by atoms with Crippen molar-refractivity contribution in [3.63, 3.8) is 0 Å². The Morgan fingerprint density at radius 1 is 1.41 bits per heavy atom. The average Bonchev–Trinajstić information content (AvgIpc) is 2.96. The summed E-state index contributed by atoms with van der Waals surface area (Å²) in [6, 6.07) is 3.74. The number of carbonyl (C=O) groups is 1. The van der Waals surface area contributed by atoms with E-state index in [0.29, 0.717) is 10.7 Å². The molecule has 0 amide bonds. The van der Waals surface area contributed by atoms with E-state index >= 15 is 0 Å². The molecule has 3 heterocycles. The third kappa shape index (κ3) is 3.56. The van der Waals surface area contributed by atoms with E-state index in [-0.39, 0.29) is 12.1 Å². The molecule has 22 heavy (non-hydrogen) atoms. The lowest BCUT2D eigenvalue weighted by atomic mass is 10.1. The number of anilines is 1. The summed E-state index contributed by atoms with van der Waals surface area (Å²) in [7, 11) is 0. The number of hydrogen-bond acceptors (Lipinski definition) is 6. The van der Waals surface area contributed by atoms with E-state index in [1.165, 1.54) is 11.3 Å². The summed E-state index contributed by atoms with van der Waals surface area (Å²) in [5, 5.41) is 3.24. The maximum atomic E-state index is 12.0. The van der Waals surface area contributed by atoms with E-state index < -0.39 is 0 Å². The molecular formula is C15H16ClN3O2S. The zero-order valence-corrected chi connectivity index (χ0v) is 13.7. The van der Waals surface area contributed by atoms with Gasteiger partial charge in [0.2, 0.25) is 0 Å². The lowest BCUT2D eigenvalue weighted by Crippen LogP contribution is -2.38. The minimum absolute atomic E-state index is 0.0574. The minimum Gasteiger partial charge on any atom is -0.457 e. The molecule has 0 bridgehead atoms. The summed E-state index contributed by atoms with van der Waals surface area (Å²) in [5.41, 5.74) is 0.407. The molecule has 2 aromatic rings. The number of ether oxygens (including phenoxy) is 1. The quantitative estimate of drug-likeness (QED) is 0.804. The van der Waals surface area contributed by atoms with Gasteiger partial charge in [0.25, 0.3) is 0 Å². The number of hydrogen-bond donors (Lipinski definition) is 0. The smallest absolute Gasteiger partial charge is 0.358 e. The molecule has 1 aliphatic rings. The Kier molecular flexibility index (Phi) is 4.59. The molecular weight excluding hydrogens is 322 g/mol. The molecule has 0 unspecified atom stereocenters. The first kappa shape index (κ1) is 15.2. The van der Waals surface area contributed by atoms with E-state index in [2.05, 4.69) is 14.9 Å². The fraction of sp³-hybridized carbons (Fsp3) is 0.400. The second-order valence-corrected chi connectivity index (χ2v) is 6.68. The Morgan fingerprint density at radius 2 is 2.18 bits per heavy atom. The number of aryl methyl sites for hydroxylation is 1. The fourth-order valence-electron chi connectivity index (χ4n) is 2.43. The first-order chi connectivity index (χ1) is 10.6. The topological polar surface area (TPSA) is 55.3 Å². The lowest BCUT2D eigenvalue weighted by molar-refractivity contribution is 0.0238. The van der Waals surface area contributed by atoms with Crippen molar-refractivity contribution in [1.82, 2.24) is 9.97 Å². The third-order valence-electron chi connectivity index (χ3n) is 3.58. The van der Waals surface area contributed by atoms with Gasteiger partial charge >= 0.3 is 5.97 Å². The third-order valence-corrected chi connectivity index (χ3v) is 4.58. The molecule has 0 spiro atoms. The van der Waals surface area contributed by atoms with Crippen molar-refractivity contribution >= 4 is 34.7 Å². The van der Waals surface area contributed by atoms with Crippen LogP contribution in [0.4, 0.5) is 5.82 Å². The molecule has 7 heteroatoms. The van der Waals surface area contributed by atoms with Crippen molar-refractivity contribution < 1.29 is 9.53 Å². The zero-order valence-electron chi connectivity index (χ0n) is 12.2. The zero-order chi connectivity index (χ0) is 15.5. The molecule has 2 aromatic heterocycles. The summed E-state index contributed by atoms with van der Waals surface area (Å²) >= 11 is 7.30. The number of aromatic nitrogens is 2. The van der Waals surface area contributed by atoms with Crippen molar-refractivity contribution in [2.45, 2.75) is 25.9 Å². The molecule has 0 aromatic carbocycles. The summed E-state index contributed by atoms with van der Waals surface area (Å²) in [6.45, 7) is 3.49. The van der Waals surface area contributed by atoms with Crippen molar-refractivity contribution in [2.75, 3.05) is 18.0 Å². The first-order valence-electron chi connectivity index (χ1n) is 7.11. The number of nitrogens with zero attached hydrogens (tertiary/aromatic N) is 3. The second-order valence-electron chi connectivity index (χ2n) is 5.18. The highest BCUT2D eigenvalue weighted by atomic mass is 35.5. The molecule has 1 fully saturated rings. The minimum atomic E-state index is -0.326. The maximum Gasteiger partial charge on any atom is 0.358 e. The molecule has 0 atom stereocenters. The van der Waals surface area contributed by atoms with Gasteiger partial charge in [0.15, 0.2) is 5.69 Å². The number of esters is 1. The highest BCUT2D eigenvalue weighted by molar-refractivity contribution is 7.09. The summed E-state index contributed by atoms with van der Waals surface area (Å²) in [5.74, 6) is 0.580. The molecule has 0 aliphatic carbocycles. The molecule has 0 saturated carbocycles. The van der Waals surface area contributed by atoms with Crippen LogP contribution in [0.15, 0.2) is 23.7 Å². The highest BCUT2D eigenvalue weighted by Gasteiger charge is 2.24. The SMILES string of the molecule is Cc1nc(C(=O)OC2CCN(c3ccc(Cl)cn3)CC2)cs1. The summed E-state index contributed by atoms with van der Waals surface area (Å²) in [6.07, 6.45) is 3.17. The fourth-order valence-corrected chi connectivity index (χ4v) is 3.12. The molecule has 3 rings (SSSR count). The lowest BCUT2D eigenvalue weighted by Gasteiger charge is -2.32. The number of carbonyl (C=O) groups excluding carboxylic acids is 1. The Balaban J connectivity index is 1.53. The van der Waals surface area contributed by atoms with Gasteiger partial charge in [0, 0.05) is 37.5 Å². The summed E-state index contributed by atoms with van der Waals surface area (Å²) in [4.78, 5) is 22.6. The number of piperidine rings is 1. The Morgan fingerprint density at radius 3 is 2.77 bits per heavy atom. The molecule has 5 nitrogen and oxygen atoms in total. The van der Waals surface area contributed by atoms with Gasteiger partial charge < -0.3 is 9.64 Å². The van der Waals surface area contributed by atoms with Crippen LogP contribution in [-0.4, -0.2) is 35.1 Å². The van der Waals surface area contributed by atoms with Gasteiger partial charge in [0.05, 0.1) is 10.0 Å². The largest absolute Gasteiger partial charge is 0.457 e. The van der Waals surface area contributed by atoms with Crippen molar-refractivity contribution in [2.24, 2.45) is 0 Å². The monoisotopic (exact) mass is 337 g/mol.